The molecule has 19 heavy (non-hydrogen) atoms. The third kappa shape index (κ3) is 2.93. The van der Waals surface area contributed by atoms with Crippen LogP contribution in [0.15, 0.2) is 36.4 Å². The lowest BCUT2D eigenvalue weighted by atomic mass is 10.2. The smallest absolute Gasteiger partial charge is 0.167 e. The largest absolute Gasteiger partial charge is 0.497 e. The van der Waals surface area contributed by atoms with E-state index in [0.29, 0.717) is 11.4 Å². The van der Waals surface area contributed by atoms with Crippen molar-refractivity contribution in [1.29, 1.82) is 0 Å². The number of rotatable bonds is 4. The van der Waals surface area contributed by atoms with Gasteiger partial charge in [0, 0.05) is 23.9 Å². The van der Waals surface area contributed by atoms with Crippen molar-refractivity contribution in [2.45, 2.75) is 0 Å². The second-order valence-corrected chi connectivity index (χ2v) is 3.82. The van der Waals surface area contributed by atoms with Gasteiger partial charge in [0.2, 0.25) is 0 Å². The number of benzene rings is 2. The molecule has 0 amide bonds. The molecule has 0 unspecified atom stereocenters. The highest BCUT2D eigenvalue weighted by Crippen LogP contribution is 2.28. The van der Waals surface area contributed by atoms with Gasteiger partial charge < -0.3 is 14.8 Å². The van der Waals surface area contributed by atoms with E-state index in [1.807, 2.05) is 0 Å². The Balaban J connectivity index is 2.30. The molecule has 0 saturated carbocycles. The van der Waals surface area contributed by atoms with E-state index in [0.717, 1.165) is 12.1 Å². The molecule has 3 nitrogen and oxygen atoms in total. The van der Waals surface area contributed by atoms with Gasteiger partial charge in [0.25, 0.3) is 0 Å². The van der Waals surface area contributed by atoms with Crippen LogP contribution in [0.5, 0.6) is 11.5 Å². The molecule has 2 aromatic rings. The van der Waals surface area contributed by atoms with Crippen LogP contribution in [0.3, 0.4) is 0 Å². The fraction of sp³-hybridized carbons (Fsp3) is 0.143. The minimum absolute atomic E-state index is 0.0338. The first kappa shape index (κ1) is 13.1. The molecule has 0 aliphatic carbocycles. The van der Waals surface area contributed by atoms with Crippen molar-refractivity contribution < 1.29 is 18.3 Å². The van der Waals surface area contributed by atoms with Gasteiger partial charge in [0.15, 0.2) is 17.4 Å². The van der Waals surface area contributed by atoms with Gasteiger partial charge in [-0.2, -0.15) is 0 Å². The Morgan fingerprint density at radius 2 is 1.74 bits per heavy atom. The van der Waals surface area contributed by atoms with Crippen LogP contribution in [0.25, 0.3) is 0 Å². The minimum Gasteiger partial charge on any atom is -0.497 e. The summed E-state index contributed by atoms with van der Waals surface area (Å²) in [6.45, 7) is 0. The molecule has 0 radical (unpaired) electrons. The van der Waals surface area contributed by atoms with Crippen LogP contribution in [-0.2, 0) is 0 Å². The van der Waals surface area contributed by atoms with Crippen molar-refractivity contribution >= 4 is 11.4 Å². The molecule has 1 N–H and O–H groups in total. The third-order valence-electron chi connectivity index (χ3n) is 2.59. The molecule has 0 aliphatic heterocycles. The fourth-order valence-electron chi connectivity index (χ4n) is 1.64. The Bertz CT molecular complexity index is 588. The van der Waals surface area contributed by atoms with E-state index in [9.17, 15) is 8.78 Å². The lowest BCUT2D eigenvalue weighted by Crippen LogP contribution is -1.97. The molecule has 0 aliphatic rings. The van der Waals surface area contributed by atoms with Crippen LogP contribution in [-0.4, -0.2) is 14.2 Å². The molecule has 2 rings (SSSR count). The third-order valence-corrected chi connectivity index (χ3v) is 2.59. The molecule has 0 fully saturated rings. The molecule has 0 spiro atoms. The highest BCUT2D eigenvalue weighted by molar-refractivity contribution is 5.62. The number of anilines is 2. The summed E-state index contributed by atoms with van der Waals surface area (Å²) in [5.74, 6) is -0.733. The minimum atomic E-state index is -0.630. The number of halogens is 2. The second-order valence-electron chi connectivity index (χ2n) is 3.82. The summed E-state index contributed by atoms with van der Waals surface area (Å²) in [6, 6.07) is 8.96. The lowest BCUT2D eigenvalue weighted by Gasteiger charge is -2.10. The van der Waals surface area contributed by atoms with Crippen molar-refractivity contribution in [3.8, 4) is 11.5 Å². The highest BCUT2D eigenvalue weighted by atomic mass is 19.1. The second kappa shape index (κ2) is 5.56. The van der Waals surface area contributed by atoms with Crippen LogP contribution in [0, 0.1) is 11.6 Å². The first-order valence-electron chi connectivity index (χ1n) is 5.58. The molecule has 0 heterocycles. The van der Waals surface area contributed by atoms with Gasteiger partial charge in [0.1, 0.15) is 5.75 Å². The lowest BCUT2D eigenvalue weighted by molar-refractivity contribution is 0.383. The molecule has 2 aromatic carbocycles. The summed E-state index contributed by atoms with van der Waals surface area (Å²) in [5.41, 5.74) is 0.634. The predicted molar refractivity (Wildman–Crippen MR) is 69.2 cm³/mol. The van der Waals surface area contributed by atoms with Gasteiger partial charge in [-0.3, -0.25) is 0 Å². The monoisotopic (exact) mass is 265 g/mol. The summed E-state index contributed by atoms with van der Waals surface area (Å²) in [6.07, 6.45) is 0. The van der Waals surface area contributed by atoms with E-state index in [1.54, 1.807) is 24.3 Å². The normalized spacial score (nSPS) is 10.1. The first-order valence-corrected chi connectivity index (χ1v) is 5.58. The number of hydrogen-bond donors (Lipinski definition) is 1. The SMILES string of the molecule is COc1cccc(Nc2cc(F)c(OC)cc2F)c1. The van der Waals surface area contributed by atoms with E-state index in [-0.39, 0.29) is 11.4 Å². The van der Waals surface area contributed by atoms with Gasteiger partial charge >= 0.3 is 0 Å². The quantitative estimate of drug-likeness (QED) is 0.913. The Morgan fingerprint density at radius 3 is 2.42 bits per heavy atom. The zero-order valence-corrected chi connectivity index (χ0v) is 10.5. The van der Waals surface area contributed by atoms with Crippen molar-refractivity contribution in [2.75, 3.05) is 19.5 Å². The van der Waals surface area contributed by atoms with Crippen LogP contribution < -0.4 is 14.8 Å². The molecular weight excluding hydrogens is 252 g/mol. The maximum atomic E-state index is 13.7. The van der Waals surface area contributed by atoms with E-state index in [1.165, 1.54) is 14.2 Å². The predicted octanol–water partition coefficient (Wildman–Crippen LogP) is 3.73. The number of hydrogen-bond acceptors (Lipinski definition) is 3. The molecule has 0 saturated heterocycles. The zero-order chi connectivity index (χ0) is 13.8. The maximum Gasteiger partial charge on any atom is 0.167 e. The molecule has 0 aromatic heterocycles. The van der Waals surface area contributed by atoms with Crippen molar-refractivity contribution in [1.82, 2.24) is 0 Å². The van der Waals surface area contributed by atoms with E-state index in [2.05, 4.69) is 5.32 Å². The van der Waals surface area contributed by atoms with Gasteiger partial charge in [0.05, 0.1) is 19.9 Å². The average Bonchev–Trinajstić information content (AvgIpc) is 2.42. The van der Waals surface area contributed by atoms with Crippen molar-refractivity contribution in [3.05, 3.63) is 48.0 Å². The number of nitrogens with one attached hydrogen (secondary N) is 1. The van der Waals surface area contributed by atoms with Gasteiger partial charge in [-0.25, -0.2) is 8.78 Å². The van der Waals surface area contributed by atoms with Crippen LogP contribution in [0.4, 0.5) is 20.2 Å². The van der Waals surface area contributed by atoms with E-state index < -0.39 is 11.6 Å². The van der Waals surface area contributed by atoms with E-state index in [4.69, 9.17) is 9.47 Å². The summed E-state index contributed by atoms with van der Waals surface area (Å²) in [4.78, 5) is 0. The van der Waals surface area contributed by atoms with Gasteiger partial charge in [-0.15, -0.1) is 0 Å². The summed E-state index contributed by atoms with van der Waals surface area (Å²) < 4.78 is 37.0. The summed E-state index contributed by atoms with van der Waals surface area (Å²) in [7, 11) is 2.82. The zero-order valence-electron chi connectivity index (χ0n) is 10.5. The first-order chi connectivity index (χ1) is 9.13. The highest BCUT2D eigenvalue weighted by Gasteiger charge is 2.10. The maximum absolute atomic E-state index is 13.7. The molecule has 0 atom stereocenters. The Morgan fingerprint density at radius 1 is 0.947 bits per heavy atom. The topological polar surface area (TPSA) is 30.5 Å². The van der Waals surface area contributed by atoms with Crippen molar-refractivity contribution in [2.24, 2.45) is 0 Å². The van der Waals surface area contributed by atoms with Gasteiger partial charge in [-0.05, 0) is 12.1 Å². The van der Waals surface area contributed by atoms with Crippen LogP contribution in [0.2, 0.25) is 0 Å². The Kier molecular flexibility index (Phi) is 3.85. The average molecular weight is 265 g/mol. The van der Waals surface area contributed by atoms with E-state index >= 15 is 0 Å². The van der Waals surface area contributed by atoms with Crippen LogP contribution >= 0.6 is 0 Å². The number of ether oxygens (including phenoxy) is 2. The Labute approximate surface area is 109 Å². The molecular formula is C14H13F2NO2. The molecule has 5 heteroatoms. The van der Waals surface area contributed by atoms with Crippen molar-refractivity contribution in [3.63, 3.8) is 0 Å². The Hall–Kier alpha value is -2.30. The molecule has 0 bridgehead atoms. The summed E-state index contributed by atoms with van der Waals surface area (Å²) in [5, 5.41) is 2.79. The molecule has 100 valence electrons. The standard InChI is InChI=1S/C14H13F2NO2/c1-18-10-5-3-4-9(6-10)17-13-7-12(16)14(19-2)8-11(13)15/h3-8,17H,1-2H3. The van der Waals surface area contributed by atoms with Gasteiger partial charge in [-0.1, -0.05) is 6.07 Å². The number of methoxy groups -OCH3 is 2. The summed E-state index contributed by atoms with van der Waals surface area (Å²) >= 11 is 0. The fourth-order valence-corrected chi connectivity index (χ4v) is 1.64. The van der Waals surface area contributed by atoms with Crippen LogP contribution in [0.1, 0.15) is 0 Å².